The van der Waals surface area contributed by atoms with Crippen LogP contribution in [0.15, 0.2) is 0 Å². The normalized spacial score (nSPS) is 31.1. The first-order valence-corrected chi connectivity index (χ1v) is 4.61. The van der Waals surface area contributed by atoms with Gasteiger partial charge in [0, 0.05) is 18.6 Å². The average Bonchev–Trinajstić information content (AvgIpc) is 2.50. The molecule has 1 unspecified atom stereocenters. The molecule has 0 spiro atoms. The second kappa shape index (κ2) is 4.07. The van der Waals surface area contributed by atoms with Gasteiger partial charge in [-0.3, -0.25) is 0 Å². The fraction of sp³-hybridized carbons (Fsp3) is 1.00. The van der Waals surface area contributed by atoms with Gasteiger partial charge in [-0.25, -0.2) is 0 Å². The maximum absolute atomic E-state index is 5.73. The Morgan fingerprint density at radius 2 is 2.36 bits per heavy atom. The highest BCUT2D eigenvalue weighted by Crippen LogP contribution is 2.32. The summed E-state index contributed by atoms with van der Waals surface area (Å²) in [6.07, 6.45) is 4.98. The first-order valence-electron chi connectivity index (χ1n) is 4.61. The van der Waals surface area contributed by atoms with Crippen LogP contribution in [0.25, 0.3) is 0 Å². The second-order valence-corrected chi connectivity index (χ2v) is 3.61. The van der Waals surface area contributed by atoms with Crippen molar-refractivity contribution in [1.82, 2.24) is 0 Å². The quantitative estimate of drug-likeness (QED) is 0.672. The minimum atomic E-state index is 0.343. The van der Waals surface area contributed by atoms with Crippen molar-refractivity contribution < 1.29 is 4.74 Å². The molecule has 1 saturated heterocycles. The van der Waals surface area contributed by atoms with Crippen LogP contribution in [-0.2, 0) is 4.74 Å². The molecule has 2 heteroatoms. The summed E-state index contributed by atoms with van der Waals surface area (Å²) in [5.74, 6) is 0. The van der Waals surface area contributed by atoms with Crippen molar-refractivity contribution in [2.75, 3.05) is 19.8 Å². The predicted octanol–water partition coefficient (Wildman–Crippen LogP) is 1.54. The Labute approximate surface area is 69.1 Å². The summed E-state index contributed by atoms with van der Waals surface area (Å²) < 4.78 is 5.37. The van der Waals surface area contributed by atoms with Gasteiger partial charge in [0.15, 0.2) is 0 Å². The first kappa shape index (κ1) is 9.01. The molecule has 0 aromatic rings. The Morgan fingerprint density at radius 3 is 2.82 bits per heavy atom. The molecule has 1 atom stereocenters. The van der Waals surface area contributed by atoms with Crippen LogP contribution >= 0.6 is 0 Å². The molecule has 1 aliphatic heterocycles. The molecule has 2 nitrogen and oxygen atoms in total. The highest BCUT2D eigenvalue weighted by molar-refractivity contribution is 4.83. The molecule has 0 radical (unpaired) electrons. The van der Waals surface area contributed by atoms with Crippen LogP contribution in [0.3, 0.4) is 0 Å². The van der Waals surface area contributed by atoms with Crippen molar-refractivity contribution in [1.29, 1.82) is 0 Å². The van der Waals surface area contributed by atoms with E-state index < -0.39 is 0 Å². The molecule has 1 aliphatic rings. The Hall–Kier alpha value is -0.0800. The third kappa shape index (κ3) is 2.17. The highest BCUT2D eigenvalue weighted by atomic mass is 16.5. The molecule has 1 heterocycles. The fourth-order valence-corrected chi connectivity index (χ4v) is 1.66. The standard InChI is InChI=1S/C9H19NO/c1-2-3-4-9(7-10)5-6-11-8-9/h2-8,10H2,1H3. The molecule has 66 valence electrons. The molecule has 0 aromatic carbocycles. The van der Waals surface area contributed by atoms with Crippen molar-refractivity contribution in [2.24, 2.45) is 11.1 Å². The molecule has 0 aromatic heterocycles. The van der Waals surface area contributed by atoms with Gasteiger partial charge in [-0.05, 0) is 12.8 Å². The minimum Gasteiger partial charge on any atom is -0.381 e. The lowest BCUT2D eigenvalue weighted by molar-refractivity contribution is 0.148. The Bertz CT molecular complexity index is 108. The van der Waals surface area contributed by atoms with Crippen molar-refractivity contribution in [3.8, 4) is 0 Å². The van der Waals surface area contributed by atoms with Gasteiger partial charge in [0.05, 0.1) is 6.61 Å². The Balaban J connectivity index is 2.33. The summed E-state index contributed by atoms with van der Waals surface area (Å²) in [6.45, 7) is 4.83. The number of nitrogens with two attached hydrogens (primary N) is 1. The number of rotatable bonds is 4. The average molecular weight is 157 g/mol. The molecule has 1 rings (SSSR count). The Kier molecular flexibility index (Phi) is 3.34. The molecule has 0 saturated carbocycles. The molecular weight excluding hydrogens is 138 g/mol. The van der Waals surface area contributed by atoms with Crippen LogP contribution in [-0.4, -0.2) is 19.8 Å². The zero-order valence-electron chi connectivity index (χ0n) is 7.44. The summed E-state index contributed by atoms with van der Waals surface area (Å²) >= 11 is 0. The van der Waals surface area contributed by atoms with E-state index in [1.165, 1.54) is 25.7 Å². The van der Waals surface area contributed by atoms with Crippen LogP contribution in [0.5, 0.6) is 0 Å². The van der Waals surface area contributed by atoms with Crippen LogP contribution in [0.4, 0.5) is 0 Å². The van der Waals surface area contributed by atoms with Gasteiger partial charge < -0.3 is 10.5 Å². The molecule has 0 amide bonds. The lowest BCUT2D eigenvalue weighted by Gasteiger charge is -2.24. The van der Waals surface area contributed by atoms with E-state index in [1.807, 2.05) is 0 Å². The smallest absolute Gasteiger partial charge is 0.0535 e. The van der Waals surface area contributed by atoms with Gasteiger partial charge in [-0.1, -0.05) is 19.8 Å². The molecule has 0 aliphatic carbocycles. The van der Waals surface area contributed by atoms with E-state index in [2.05, 4.69) is 6.92 Å². The van der Waals surface area contributed by atoms with Crippen molar-refractivity contribution in [3.05, 3.63) is 0 Å². The van der Waals surface area contributed by atoms with E-state index in [0.29, 0.717) is 5.41 Å². The molecule has 0 bridgehead atoms. The molecule has 2 N–H and O–H groups in total. The van der Waals surface area contributed by atoms with E-state index in [-0.39, 0.29) is 0 Å². The van der Waals surface area contributed by atoms with Crippen LogP contribution in [0, 0.1) is 5.41 Å². The highest BCUT2D eigenvalue weighted by Gasteiger charge is 2.32. The first-order chi connectivity index (χ1) is 5.33. The second-order valence-electron chi connectivity index (χ2n) is 3.61. The molecule has 1 fully saturated rings. The molecule has 11 heavy (non-hydrogen) atoms. The fourth-order valence-electron chi connectivity index (χ4n) is 1.66. The number of unbranched alkanes of at least 4 members (excludes halogenated alkanes) is 1. The van der Waals surface area contributed by atoms with Gasteiger partial charge in [-0.15, -0.1) is 0 Å². The topological polar surface area (TPSA) is 35.2 Å². The number of hydrogen-bond donors (Lipinski definition) is 1. The van der Waals surface area contributed by atoms with Gasteiger partial charge in [0.1, 0.15) is 0 Å². The lowest BCUT2D eigenvalue weighted by atomic mass is 9.82. The van der Waals surface area contributed by atoms with E-state index in [9.17, 15) is 0 Å². The number of ether oxygens (including phenoxy) is 1. The van der Waals surface area contributed by atoms with Crippen molar-refractivity contribution in [3.63, 3.8) is 0 Å². The van der Waals surface area contributed by atoms with E-state index in [0.717, 1.165) is 19.8 Å². The maximum Gasteiger partial charge on any atom is 0.0535 e. The van der Waals surface area contributed by atoms with Crippen LogP contribution in [0.2, 0.25) is 0 Å². The van der Waals surface area contributed by atoms with Gasteiger partial charge >= 0.3 is 0 Å². The summed E-state index contributed by atoms with van der Waals surface area (Å²) in [5.41, 5.74) is 6.07. The minimum absolute atomic E-state index is 0.343. The van der Waals surface area contributed by atoms with E-state index in [4.69, 9.17) is 10.5 Å². The van der Waals surface area contributed by atoms with Gasteiger partial charge in [0.25, 0.3) is 0 Å². The van der Waals surface area contributed by atoms with Gasteiger partial charge in [0.2, 0.25) is 0 Å². The maximum atomic E-state index is 5.73. The largest absolute Gasteiger partial charge is 0.381 e. The van der Waals surface area contributed by atoms with Gasteiger partial charge in [-0.2, -0.15) is 0 Å². The summed E-state index contributed by atoms with van der Waals surface area (Å²) in [6, 6.07) is 0. The zero-order chi connectivity index (χ0) is 8.16. The van der Waals surface area contributed by atoms with E-state index >= 15 is 0 Å². The van der Waals surface area contributed by atoms with Crippen LogP contribution in [0.1, 0.15) is 32.6 Å². The third-order valence-electron chi connectivity index (χ3n) is 2.68. The Morgan fingerprint density at radius 1 is 1.55 bits per heavy atom. The molecular formula is C9H19NO. The monoisotopic (exact) mass is 157 g/mol. The van der Waals surface area contributed by atoms with Crippen molar-refractivity contribution >= 4 is 0 Å². The lowest BCUT2D eigenvalue weighted by Crippen LogP contribution is -2.30. The van der Waals surface area contributed by atoms with E-state index in [1.54, 1.807) is 0 Å². The summed E-state index contributed by atoms with van der Waals surface area (Å²) in [7, 11) is 0. The third-order valence-corrected chi connectivity index (χ3v) is 2.68. The summed E-state index contributed by atoms with van der Waals surface area (Å²) in [5, 5.41) is 0. The van der Waals surface area contributed by atoms with Crippen LogP contribution < -0.4 is 5.73 Å². The predicted molar refractivity (Wildman–Crippen MR) is 46.4 cm³/mol. The number of hydrogen-bond acceptors (Lipinski definition) is 2. The summed E-state index contributed by atoms with van der Waals surface area (Å²) in [4.78, 5) is 0. The SMILES string of the molecule is CCCCC1(CN)CCOC1. The van der Waals surface area contributed by atoms with Crippen molar-refractivity contribution in [2.45, 2.75) is 32.6 Å². The zero-order valence-corrected chi connectivity index (χ0v) is 7.44.